The van der Waals surface area contributed by atoms with Crippen molar-refractivity contribution in [2.45, 2.75) is 39.5 Å². The minimum atomic E-state index is -0.944. The number of carbonyl (C=O) groups is 3. The van der Waals surface area contributed by atoms with Crippen LogP contribution in [0.25, 0.3) is 11.1 Å². The van der Waals surface area contributed by atoms with Crippen LogP contribution >= 0.6 is 11.3 Å². The lowest BCUT2D eigenvalue weighted by Gasteiger charge is -2.27. The number of carboxylic acid groups (broad SMARTS) is 1. The molecule has 1 fully saturated rings. The van der Waals surface area contributed by atoms with Crippen LogP contribution in [0, 0.1) is 25.7 Å². The molecule has 1 heterocycles. The van der Waals surface area contributed by atoms with Crippen molar-refractivity contribution in [3.8, 4) is 11.1 Å². The second-order valence-electron chi connectivity index (χ2n) is 7.42. The molecule has 6 nitrogen and oxygen atoms in total. The highest BCUT2D eigenvalue weighted by molar-refractivity contribution is 7.17. The van der Waals surface area contributed by atoms with E-state index in [9.17, 15) is 19.5 Å². The molecule has 0 aliphatic heterocycles. The highest BCUT2D eigenvalue weighted by Crippen LogP contribution is 2.41. The standard InChI is InChI=1S/C22H25NO5S/c1-12-8-10-14(11-9-12)17-13(2)29-20(18(17)22(27)28-3)23-19(24)15-6-4-5-7-16(15)21(25)26/h8-11,15-16H,4-7H2,1-3H3,(H,23,24)(H,25,26). The first-order valence-electron chi connectivity index (χ1n) is 9.66. The topological polar surface area (TPSA) is 92.7 Å². The molecule has 0 radical (unpaired) electrons. The van der Waals surface area contributed by atoms with Gasteiger partial charge in [0.1, 0.15) is 10.6 Å². The number of methoxy groups -OCH3 is 1. The van der Waals surface area contributed by atoms with Gasteiger partial charge in [0.05, 0.1) is 18.9 Å². The predicted octanol–water partition coefficient (Wildman–Crippen LogP) is 4.65. The van der Waals surface area contributed by atoms with E-state index in [4.69, 9.17) is 4.74 Å². The van der Waals surface area contributed by atoms with Gasteiger partial charge in [-0.2, -0.15) is 0 Å². The number of benzene rings is 1. The lowest BCUT2D eigenvalue weighted by molar-refractivity contribution is -0.147. The van der Waals surface area contributed by atoms with E-state index in [0.717, 1.165) is 34.4 Å². The van der Waals surface area contributed by atoms with Crippen LogP contribution in [-0.2, 0) is 14.3 Å². The molecule has 154 valence electrons. The third kappa shape index (κ3) is 4.34. The molecule has 2 atom stereocenters. The molecule has 0 saturated heterocycles. The highest BCUT2D eigenvalue weighted by atomic mass is 32.1. The number of anilines is 1. The summed E-state index contributed by atoms with van der Waals surface area (Å²) in [5, 5.41) is 12.7. The first-order chi connectivity index (χ1) is 13.8. The maximum Gasteiger partial charge on any atom is 0.341 e. The summed E-state index contributed by atoms with van der Waals surface area (Å²) in [6.45, 7) is 3.88. The molecule has 1 saturated carbocycles. The van der Waals surface area contributed by atoms with E-state index in [-0.39, 0.29) is 5.91 Å². The smallest absolute Gasteiger partial charge is 0.341 e. The summed E-state index contributed by atoms with van der Waals surface area (Å²) in [5.41, 5.74) is 3.02. The van der Waals surface area contributed by atoms with Gasteiger partial charge < -0.3 is 15.2 Å². The molecule has 0 bridgehead atoms. The maximum atomic E-state index is 12.9. The second-order valence-corrected chi connectivity index (χ2v) is 8.64. The van der Waals surface area contributed by atoms with Crippen molar-refractivity contribution in [1.29, 1.82) is 0 Å². The number of rotatable bonds is 5. The van der Waals surface area contributed by atoms with Crippen LogP contribution in [0.2, 0.25) is 0 Å². The molecule has 1 aliphatic carbocycles. The Bertz CT molecular complexity index is 931. The second kappa shape index (κ2) is 8.78. The largest absolute Gasteiger partial charge is 0.481 e. The zero-order valence-electron chi connectivity index (χ0n) is 16.8. The summed E-state index contributed by atoms with van der Waals surface area (Å²) in [6.07, 6.45) is 2.66. The normalized spacial score (nSPS) is 18.9. The van der Waals surface area contributed by atoms with Gasteiger partial charge in [0.15, 0.2) is 0 Å². The van der Waals surface area contributed by atoms with Crippen molar-refractivity contribution in [1.82, 2.24) is 0 Å². The zero-order valence-corrected chi connectivity index (χ0v) is 17.6. The Morgan fingerprint density at radius 3 is 2.28 bits per heavy atom. The van der Waals surface area contributed by atoms with Crippen molar-refractivity contribution in [2.24, 2.45) is 11.8 Å². The molecule has 2 unspecified atom stereocenters. The fourth-order valence-electron chi connectivity index (χ4n) is 3.94. The van der Waals surface area contributed by atoms with E-state index in [1.165, 1.54) is 18.4 Å². The van der Waals surface area contributed by atoms with Crippen LogP contribution in [0.3, 0.4) is 0 Å². The molecule has 1 aromatic heterocycles. The number of nitrogens with one attached hydrogen (secondary N) is 1. The van der Waals surface area contributed by atoms with Crippen molar-refractivity contribution >= 4 is 34.2 Å². The Morgan fingerprint density at radius 1 is 1.07 bits per heavy atom. The van der Waals surface area contributed by atoms with E-state index in [1.807, 2.05) is 38.1 Å². The van der Waals surface area contributed by atoms with E-state index in [1.54, 1.807) is 0 Å². The Kier molecular flexibility index (Phi) is 6.37. The number of ether oxygens (including phenoxy) is 1. The molecule has 0 spiro atoms. The average Bonchev–Trinajstić information content (AvgIpc) is 3.03. The summed E-state index contributed by atoms with van der Waals surface area (Å²) in [4.78, 5) is 37.9. The SMILES string of the molecule is COC(=O)c1c(NC(=O)C2CCCCC2C(=O)O)sc(C)c1-c1ccc(C)cc1. The molecule has 1 aromatic carbocycles. The van der Waals surface area contributed by atoms with Gasteiger partial charge in [-0.05, 0) is 32.3 Å². The van der Waals surface area contributed by atoms with Crippen LogP contribution in [0.4, 0.5) is 5.00 Å². The van der Waals surface area contributed by atoms with E-state index >= 15 is 0 Å². The van der Waals surface area contributed by atoms with Crippen LogP contribution in [0.5, 0.6) is 0 Å². The van der Waals surface area contributed by atoms with Crippen molar-refractivity contribution in [3.63, 3.8) is 0 Å². The predicted molar refractivity (Wildman–Crippen MR) is 112 cm³/mol. The lowest BCUT2D eigenvalue weighted by Crippen LogP contribution is -2.36. The van der Waals surface area contributed by atoms with Gasteiger partial charge in [-0.3, -0.25) is 9.59 Å². The van der Waals surface area contributed by atoms with Crippen LogP contribution < -0.4 is 5.32 Å². The fourth-order valence-corrected chi connectivity index (χ4v) is 5.01. The fraction of sp³-hybridized carbons (Fsp3) is 0.409. The number of amides is 1. The number of thiophene rings is 1. The molecule has 1 amide bonds. The molecular weight excluding hydrogens is 390 g/mol. The minimum Gasteiger partial charge on any atom is -0.481 e. The van der Waals surface area contributed by atoms with E-state index < -0.39 is 23.8 Å². The van der Waals surface area contributed by atoms with Gasteiger partial charge in [0, 0.05) is 10.4 Å². The molecule has 7 heteroatoms. The lowest BCUT2D eigenvalue weighted by atomic mass is 9.78. The maximum absolute atomic E-state index is 12.9. The first-order valence-corrected chi connectivity index (χ1v) is 10.5. The highest BCUT2D eigenvalue weighted by Gasteiger charge is 2.36. The van der Waals surface area contributed by atoms with Gasteiger partial charge in [0.2, 0.25) is 5.91 Å². The number of aryl methyl sites for hydroxylation is 2. The first kappa shape index (κ1) is 21.0. The van der Waals surface area contributed by atoms with Gasteiger partial charge in [-0.15, -0.1) is 11.3 Å². The molecule has 2 aromatic rings. The zero-order chi connectivity index (χ0) is 21.1. The number of carbonyl (C=O) groups excluding carboxylic acids is 2. The van der Waals surface area contributed by atoms with Crippen molar-refractivity contribution in [3.05, 3.63) is 40.3 Å². The third-order valence-electron chi connectivity index (χ3n) is 5.47. The minimum absolute atomic E-state index is 0.315. The Hall–Kier alpha value is -2.67. The van der Waals surface area contributed by atoms with Crippen molar-refractivity contribution in [2.75, 3.05) is 12.4 Å². The summed E-state index contributed by atoms with van der Waals surface area (Å²) in [7, 11) is 1.31. The van der Waals surface area contributed by atoms with E-state index in [0.29, 0.717) is 23.4 Å². The van der Waals surface area contributed by atoms with Gasteiger partial charge in [-0.1, -0.05) is 42.7 Å². The Morgan fingerprint density at radius 2 is 1.69 bits per heavy atom. The molecule has 3 rings (SSSR count). The third-order valence-corrected chi connectivity index (χ3v) is 6.49. The molecule has 2 N–H and O–H groups in total. The molecule has 29 heavy (non-hydrogen) atoms. The van der Waals surface area contributed by atoms with E-state index in [2.05, 4.69) is 5.32 Å². The molecule has 1 aliphatic rings. The van der Waals surface area contributed by atoms with Crippen LogP contribution in [-0.4, -0.2) is 30.1 Å². The van der Waals surface area contributed by atoms with Crippen LogP contribution in [0.1, 0.15) is 46.5 Å². The van der Waals surface area contributed by atoms with Gasteiger partial charge >= 0.3 is 11.9 Å². The monoisotopic (exact) mass is 415 g/mol. The Balaban J connectivity index is 1.98. The van der Waals surface area contributed by atoms with Gasteiger partial charge in [-0.25, -0.2) is 4.79 Å². The summed E-state index contributed by atoms with van der Waals surface area (Å²) in [5.74, 6) is -3.11. The number of hydrogen-bond acceptors (Lipinski definition) is 5. The van der Waals surface area contributed by atoms with Gasteiger partial charge in [0.25, 0.3) is 0 Å². The number of hydrogen-bond donors (Lipinski definition) is 2. The molecular formula is C22H25NO5S. The summed E-state index contributed by atoms with van der Waals surface area (Å²) < 4.78 is 4.98. The van der Waals surface area contributed by atoms with Crippen LogP contribution in [0.15, 0.2) is 24.3 Å². The summed E-state index contributed by atoms with van der Waals surface area (Å²) in [6, 6.07) is 7.80. The quantitative estimate of drug-likeness (QED) is 0.694. The number of esters is 1. The Labute approximate surface area is 173 Å². The number of aliphatic carboxylic acids is 1. The number of carboxylic acids is 1. The average molecular weight is 416 g/mol. The summed E-state index contributed by atoms with van der Waals surface area (Å²) >= 11 is 1.31. The van der Waals surface area contributed by atoms with Crippen molar-refractivity contribution < 1.29 is 24.2 Å².